The Bertz CT molecular complexity index is 939. The van der Waals surface area contributed by atoms with Crippen molar-refractivity contribution in [1.29, 1.82) is 0 Å². The summed E-state index contributed by atoms with van der Waals surface area (Å²) in [6, 6.07) is 20.2. The average molecular weight is 375 g/mol. The monoisotopic (exact) mass is 375 g/mol. The molecule has 0 aliphatic carbocycles. The lowest BCUT2D eigenvalue weighted by Crippen LogP contribution is -2.18. The van der Waals surface area contributed by atoms with Crippen LogP contribution in [0.1, 0.15) is 26.3 Å². The number of anilines is 2. The van der Waals surface area contributed by atoms with Crippen molar-refractivity contribution in [1.82, 2.24) is 4.98 Å². The molecule has 0 atom stereocenters. The Labute approximate surface area is 163 Å². The van der Waals surface area contributed by atoms with Crippen LogP contribution >= 0.6 is 0 Å². The minimum absolute atomic E-state index is 0.268. The number of hydrogen-bond acceptors (Lipinski definition) is 5. The fraction of sp³-hybridized carbons (Fsp3) is 0.136. The maximum Gasteiger partial charge on any atom is 0.337 e. The van der Waals surface area contributed by atoms with Crippen LogP contribution in [0.5, 0.6) is 0 Å². The van der Waals surface area contributed by atoms with E-state index in [0.717, 1.165) is 12.4 Å². The number of benzene rings is 2. The fourth-order valence-electron chi connectivity index (χ4n) is 2.70. The van der Waals surface area contributed by atoms with Gasteiger partial charge in [0.15, 0.2) is 0 Å². The molecule has 6 nitrogen and oxygen atoms in total. The van der Waals surface area contributed by atoms with Gasteiger partial charge in [0, 0.05) is 25.5 Å². The van der Waals surface area contributed by atoms with E-state index in [-0.39, 0.29) is 5.91 Å². The van der Waals surface area contributed by atoms with Crippen LogP contribution in [0.25, 0.3) is 0 Å². The molecule has 142 valence electrons. The number of pyridine rings is 1. The third kappa shape index (κ3) is 4.73. The normalized spacial score (nSPS) is 10.2. The van der Waals surface area contributed by atoms with Gasteiger partial charge in [-0.15, -0.1) is 0 Å². The molecule has 0 spiro atoms. The molecule has 0 fully saturated rings. The van der Waals surface area contributed by atoms with Crippen LogP contribution in [0.15, 0.2) is 72.9 Å². The molecule has 0 saturated heterocycles. The first-order valence-corrected chi connectivity index (χ1v) is 8.77. The number of hydrogen-bond donors (Lipinski definition) is 1. The quantitative estimate of drug-likeness (QED) is 0.664. The summed E-state index contributed by atoms with van der Waals surface area (Å²) in [5, 5.41) is 2.79. The maximum atomic E-state index is 12.4. The van der Waals surface area contributed by atoms with Gasteiger partial charge < -0.3 is 15.0 Å². The minimum atomic E-state index is -0.419. The van der Waals surface area contributed by atoms with E-state index in [0.29, 0.717) is 16.8 Å². The summed E-state index contributed by atoms with van der Waals surface area (Å²) in [7, 11) is 3.28. The predicted octanol–water partition coefficient (Wildman–Crippen LogP) is 3.76. The summed E-state index contributed by atoms with van der Waals surface area (Å²) in [5.41, 5.74) is 2.65. The highest BCUT2D eigenvalue weighted by atomic mass is 16.5. The molecule has 3 aromatic rings. The van der Waals surface area contributed by atoms with Crippen molar-refractivity contribution < 1.29 is 14.3 Å². The molecule has 6 heteroatoms. The van der Waals surface area contributed by atoms with Gasteiger partial charge in [-0.2, -0.15) is 0 Å². The summed E-state index contributed by atoms with van der Waals surface area (Å²) in [4.78, 5) is 30.3. The van der Waals surface area contributed by atoms with Crippen molar-refractivity contribution in [2.24, 2.45) is 0 Å². The molecule has 1 amide bonds. The Balaban J connectivity index is 1.62. The summed E-state index contributed by atoms with van der Waals surface area (Å²) < 4.78 is 4.66. The smallest absolute Gasteiger partial charge is 0.337 e. The molecule has 1 aromatic heterocycles. The van der Waals surface area contributed by atoms with Gasteiger partial charge in [-0.05, 0) is 42.0 Å². The van der Waals surface area contributed by atoms with Crippen molar-refractivity contribution >= 4 is 23.4 Å². The minimum Gasteiger partial charge on any atom is -0.465 e. The number of rotatable bonds is 6. The van der Waals surface area contributed by atoms with Gasteiger partial charge in [-0.25, -0.2) is 9.78 Å². The number of nitrogens with one attached hydrogen (secondary N) is 1. The summed E-state index contributed by atoms with van der Waals surface area (Å²) >= 11 is 0. The van der Waals surface area contributed by atoms with E-state index in [1.54, 1.807) is 36.5 Å². The summed E-state index contributed by atoms with van der Waals surface area (Å²) in [5.74, 6) is 0.0932. The van der Waals surface area contributed by atoms with E-state index in [1.165, 1.54) is 12.7 Å². The van der Waals surface area contributed by atoms with Crippen molar-refractivity contribution in [3.05, 3.63) is 89.6 Å². The van der Waals surface area contributed by atoms with Gasteiger partial charge >= 0.3 is 5.97 Å². The zero-order valence-electron chi connectivity index (χ0n) is 15.8. The zero-order valence-corrected chi connectivity index (χ0v) is 15.8. The Morgan fingerprint density at radius 2 is 1.64 bits per heavy atom. The molecule has 28 heavy (non-hydrogen) atoms. The van der Waals surface area contributed by atoms with Crippen molar-refractivity contribution in [2.75, 3.05) is 24.4 Å². The topological polar surface area (TPSA) is 71.5 Å². The molecule has 1 N–H and O–H groups in total. The van der Waals surface area contributed by atoms with E-state index in [9.17, 15) is 9.59 Å². The van der Waals surface area contributed by atoms with Crippen LogP contribution in [0.3, 0.4) is 0 Å². The Morgan fingerprint density at radius 1 is 0.964 bits per heavy atom. The highest BCUT2D eigenvalue weighted by molar-refractivity contribution is 6.04. The highest BCUT2D eigenvalue weighted by Crippen LogP contribution is 2.15. The van der Waals surface area contributed by atoms with Gasteiger partial charge in [0.1, 0.15) is 5.82 Å². The van der Waals surface area contributed by atoms with Gasteiger partial charge in [0.2, 0.25) is 0 Å². The first-order chi connectivity index (χ1) is 13.6. The Hall–Kier alpha value is -3.67. The zero-order chi connectivity index (χ0) is 19.9. The number of amides is 1. The molecule has 0 aliphatic heterocycles. The van der Waals surface area contributed by atoms with Gasteiger partial charge in [-0.3, -0.25) is 4.79 Å². The lowest BCUT2D eigenvalue weighted by molar-refractivity contribution is 0.0600. The van der Waals surface area contributed by atoms with Gasteiger partial charge in [0.05, 0.1) is 18.2 Å². The molecule has 0 radical (unpaired) electrons. The van der Waals surface area contributed by atoms with Crippen molar-refractivity contribution in [3.8, 4) is 0 Å². The Morgan fingerprint density at radius 3 is 2.25 bits per heavy atom. The first kappa shape index (κ1) is 19.1. The molecule has 3 rings (SSSR count). The first-order valence-electron chi connectivity index (χ1n) is 8.77. The van der Waals surface area contributed by atoms with Crippen LogP contribution in [-0.2, 0) is 11.3 Å². The molecule has 0 bridgehead atoms. The van der Waals surface area contributed by atoms with E-state index in [4.69, 9.17) is 0 Å². The van der Waals surface area contributed by atoms with Crippen LogP contribution in [-0.4, -0.2) is 31.0 Å². The number of nitrogens with zero attached hydrogens (tertiary/aromatic N) is 2. The lowest BCUT2D eigenvalue weighted by atomic mass is 10.2. The third-order valence-corrected chi connectivity index (χ3v) is 4.23. The maximum absolute atomic E-state index is 12.4. The highest BCUT2D eigenvalue weighted by Gasteiger charge is 2.10. The number of carbonyl (C=O) groups is 2. The van der Waals surface area contributed by atoms with E-state index in [1.807, 2.05) is 36.2 Å². The van der Waals surface area contributed by atoms with E-state index in [2.05, 4.69) is 27.2 Å². The van der Waals surface area contributed by atoms with Crippen LogP contribution in [0.4, 0.5) is 11.5 Å². The summed E-state index contributed by atoms with van der Waals surface area (Å²) in [6.45, 7) is 0.728. The van der Waals surface area contributed by atoms with Crippen LogP contribution in [0, 0.1) is 0 Å². The predicted molar refractivity (Wildman–Crippen MR) is 109 cm³/mol. The van der Waals surface area contributed by atoms with Crippen LogP contribution in [0.2, 0.25) is 0 Å². The van der Waals surface area contributed by atoms with Gasteiger partial charge in [-0.1, -0.05) is 30.3 Å². The van der Waals surface area contributed by atoms with Crippen molar-refractivity contribution in [3.63, 3.8) is 0 Å². The molecular weight excluding hydrogens is 354 g/mol. The molecule has 1 heterocycles. The molecule has 0 unspecified atom stereocenters. The average Bonchev–Trinajstić information content (AvgIpc) is 2.74. The lowest BCUT2D eigenvalue weighted by Gasteiger charge is -2.18. The number of aromatic nitrogens is 1. The molecular formula is C22H21N3O3. The fourth-order valence-corrected chi connectivity index (χ4v) is 2.70. The second-order valence-corrected chi connectivity index (χ2v) is 6.27. The second kappa shape index (κ2) is 8.81. The van der Waals surface area contributed by atoms with Crippen molar-refractivity contribution in [2.45, 2.75) is 6.54 Å². The Kier molecular flexibility index (Phi) is 6.01. The molecule has 0 saturated carbocycles. The van der Waals surface area contributed by atoms with Gasteiger partial charge in [0.25, 0.3) is 5.91 Å². The largest absolute Gasteiger partial charge is 0.465 e. The molecule has 0 aliphatic rings. The SMILES string of the molecule is COC(=O)c1ccc(NC(=O)c2ccc(N(C)Cc3ccccc3)nc2)cc1. The van der Waals surface area contributed by atoms with Crippen LogP contribution < -0.4 is 10.2 Å². The number of esters is 1. The number of ether oxygens (including phenoxy) is 1. The summed E-state index contributed by atoms with van der Waals surface area (Å²) in [6.07, 6.45) is 1.55. The van der Waals surface area contributed by atoms with E-state index >= 15 is 0 Å². The number of carbonyl (C=O) groups excluding carboxylic acids is 2. The third-order valence-electron chi connectivity index (χ3n) is 4.23. The second-order valence-electron chi connectivity index (χ2n) is 6.27. The van der Waals surface area contributed by atoms with E-state index < -0.39 is 5.97 Å². The standard InChI is InChI=1S/C22H21N3O3/c1-25(15-16-6-4-3-5-7-16)20-13-10-18(14-23-20)21(26)24-19-11-8-17(9-12-19)22(27)28-2/h3-14H,15H2,1-2H3,(H,24,26). The molecule has 2 aromatic carbocycles. The number of methoxy groups -OCH3 is 1.